The first-order valence-electron chi connectivity index (χ1n) is 6.47. The zero-order valence-electron chi connectivity index (χ0n) is 10.9. The molecule has 0 aromatic heterocycles. The smallest absolute Gasteiger partial charge is 0.119 e. The summed E-state index contributed by atoms with van der Waals surface area (Å²) in [5.74, 6) is 1.93. The van der Waals surface area contributed by atoms with Crippen LogP contribution in [0.1, 0.15) is 11.1 Å². The summed E-state index contributed by atoms with van der Waals surface area (Å²) in [6.45, 7) is 1.40. The number of benzene rings is 2. The van der Waals surface area contributed by atoms with Crippen molar-refractivity contribution in [3.05, 3.63) is 64.7 Å². The van der Waals surface area contributed by atoms with Crippen molar-refractivity contribution >= 4 is 28.4 Å². The van der Waals surface area contributed by atoms with Gasteiger partial charge in [-0.25, -0.2) is 0 Å². The Labute approximate surface area is 127 Å². The maximum absolute atomic E-state index is 6.10. The summed E-state index contributed by atoms with van der Waals surface area (Å²) < 4.78 is 5.76. The Morgan fingerprint density at radius 3 is 2.60 bits per heavy atom. The molecule has 0 aliphatic carbocycles. The lowest BCUT2D eigenvalue weighted by atomic mass is 10.2. The monoisotopic (exact) mass is 303 g/mol. The fourth-order valence-electron chi connectivity index (χ4n) is 1.98. The number of halogens is 1. The predicted molar refractivity (Wildman–Crippen MR) is 86.1 cm³/mol. The maximum Gasteiger partial charge on any atom is 0.119 e. The van der Waals surface area contributed by atoms with E-state index < -0.39 is 0 Å². The SMILES string of the molecule is Clc1ccccc1COc1ccc(C2=NCCS2)cc1. The molecule has 0 radical (unpaired) electrons. The Bertz CT molecular complexity index is 625. The highest BCUT2D eigenvalue weighted by atomic mass is 35.5. The van der Waals surface area contributed by atoms with Gasteiger partial charge in [0.2, 0.25) is 0 Å². The zero-order valence-corrected chi connectivity index (χ0v) is 12.5. The van der Waals surface area contributed by atoms with Gasteiger partial charge in [0.1, 0.15) is 12.4 Å². The molecular formula is C16H14ClNOS. The predicted octanol–water partition coefficient (Wildman–Crippen LogP) is 4.41. The van der Waals surface area contributed by atoms with Crippen molar-refractivity contribution in [3.63, 3.8) is 0 Å². The van der Waals surface area contributed by atoms with E-state index in [1.54, 1.807) is 11.8 Å². The molecule has 0 amide bonds. The fraction of sp³-hybridized carbons (Fsp3) is 0.188. The van der Waals surface area contributed by atoms with Gasteiger partial charge in [-0.05, 0) is 30.3 Å². The first-order chi connectivity index (χ1) is 9.83. The third kappa shape index (κ3) is 3.17. The van der Waals surface area contributed by atoms with Gasteiger partial charge in [-0.1, -0.05) is 29.8 Å². The van der Waals surface area contributed by atoms with Crippen LogP contribution in [-0.2, 0) is 6.61 Å². The van der Waals surface area contributed by atoms with Gasteiger partial charge < -0.3 is 4.74 Å². The normalized spacial score (nSPS) is 14.2. The van der Waals surface area contributed by atoms with Crippen molar-refractivity contribution in [1.82, 2.24) is 0 Å². The molecule has 1 heterocycles. The highest BCUT2D eigenvalue weighted by molar-refractivity contribution is 8.14. The summed E-state index contributed by atoms with van der Waals surface area (Å²) in [6, 6.07) is 15.8. The van der Waals surface area contributed by atoms with E-state index in [0.717, 1.165) is 39.2 Å². The van der Waals surface area contributed by atoms with Crippen LogP contribution >= 0.6 is 23.4 Å². The molecule has 0 spiro atoms. The second kappa shape index (κ2) is 6.33. The van der Waals surface area contributed by atoms with Crippen LogP contribution in [0.2, 0.25) is 5.02 Å². The van der Waals surface area contributed by atoms with E-state index >= 15 is 0 Å². The summed E-state index contributed by atoms with van der Waals surface area (Å²) in [5.41, 5.74) is 2.16. The van der Waals surface area contributed by atoms with Crippen LogP contribution in [-0.4, -0.2) is 17.3 Å². The minimum atomic E-state index is 0.481. The molecule has 0 N–H and O–H groups in total. The van der Waals surface area contributed by atoms with E-state index in [0.29, 0.717) is 6.61 Å². The molecule has 0 atom stereocenters. The summed E-state index contributed by atoms with van der Waals surface area (Å²) in [5, 5.41) is 1.86. The van der Waals surface area contributed by atoms with E-state index in [1.807, 2.05) is 36.4 Å². The Morgan fingerprint density at radius 2 is 1.90 bits per heavy atom. The van der Waals surface area contributed by atoms with E-state index in [9.17, 15) is 0 Å². The van der Waals surface area contributed by atoms with Crippen molar-refractivity contribution in [2.75, 3.05) is 12.3 Å². The van der Waals surface area contributed by atoms with E-state index in [-0.39, 0.29) is 0 Å². The molecule has 0 saturated heterocycles. The number of hydrogen-bond acceptors (Lipinski definition) is 3. The van der Waals surface area contributed by atoms with E-state index in [2.05, 4.69) is 17.1 Å². The van der Waals surface area contributed by atoms with Crippen LogP contribution in [0.15, 0.2) is 53.5 Å². The summed E-state index contributed by atoms with van der Waals surface area (Å²) in [7, 11) is 0. The lowest BCUT2D eigenvalue weighted by Gasteiger charge is -2.08. The van der Waals surface area contributed by atoms with Gasteiger partial charge in [-0.15, -0.1) is 11.8 Å². The van der Waals surface area contributed by atoms with E-state index in [4.69, 9.17) is 16.3 Å². The van der Waals surface area contributed by atoms with Gasteiger partial charge in [-0.2, -0.15) is 0 Å². The van der Waals surface area contributed by atoms with Gasteiger partial charge in [-0.3, -0.25) is 4.99 Å². The number of ether oxygens (including phenoxy) is 1. The number of hydrogen-bond donors (Lipinski definition) is 0. The van der Waals surface area contributed by atoms with Crippen LogP contribution in [0, 0.1) is 0 Å². The Balaban J connectivity index is 1.65. The summed E-state index contributed by atoms with van der Waals surface area (Å²) in [6.07, 6.45) is 0. The second-order valence-electron chi connectivity index (χ2n) is 4.44. The molecule has 2 aromatic rings. The van der Waals surface area contributed by atoms with Crippen molar-refractivity contribution in [3.8, 4) is 5.75 Å². The zero-order chi connectivity index (χ0) is 13.8. The van der Waals surface area contributed by atoms with Crippen LogP contribution in [0.25, 0.3) is 0 Å². The minimum absolute atomic E-state index is 0.481. The molecule has 1 aliphatic heterocycles. The van der Waals surface area contributed by atoms with E-state index in [1.165, 1.54) is 0 Å². The van der Waals surface area contributed by atoms with Gasteiger partial charge >= 0.3 is 0 Å². The highest BCUT2D eigenvalue weighted by Crippen LogP contribution is 2.22. The van der Waals surface area contributed by atoms with Crippen LogP contribution < -0.4 is 4.74 Å². The lowest BCUT2D eigenvalue weighted by molar-refractivity contribution is 0.306. The molecule has 102 valence electrons. The molecule has 0 unspecified atom stereocenters. The molecule has 0 bridgehead atoms. The molecule has 2 nitrogen and oxygen atoms in total. The Hall–Kier alpha value is -1.45. The number of nitrogens with zero attached hydrogens (tertiary/aromatic N) is 1. The fourth-order valence-corrected chi connectivity index (χ4v) is 3.03. The standard InChI is InChI=1S/C16H14ClNOS/c17-15-4-2-1-3-13(15)11-19-14-7-5-12(6-8-14)16-18-9-10-20-16/h1-8H,9-11H2. The molecule has 0 fully saturated rings. The average molecular weight is 304 g/mol. The topological polar surface area (TPSA) is 21.6 Å². The lowest BCUT2D eigenvalue weighted by Crippen LogP contribution is -1.97. The largest absolute Gasteiger partial charge is 0.489 e. The van der Waals surface area contributed by atoms with Gasteiger partial charge in [0.15, 0.2) is 0 Å². The first kappa shape index (κ1) is 13.5. The van der Waals surface area contributed by atoms with Crippen molar-refractivity contribution in [2.24, 2.45) is 4.99 Å². The highest BCUT2D eigenvalue weighted by Gasteiger charge is 2.09. The van der Waals surface area contributed by atoms with Gasteiger partial charge in [0.05, 0.1) is 5.04 Å². The third-order valence-electron chi connectivity index (χ3n) is 3.04. The molecule has 3 rings (SSSR count). The number of aliphatic imine (C=N–C) groups is 1. The molecule has 0 saturated carbocycles. The summed E-state index contributed by atoms with van der Waals surface area (Å²) in [4.78, 5) is 4.46. The van der Waals surface area contributed by atoms with Crippen LogP contribution in [0.4, 0.5) is 0 Å². The Kier molecular flexibility index (Phi) is 4.28. The van der Waals surface area contributed by atoms with Gasteiger partial charge in [0.25, 0.3) is 0 Å². The maximum atomic E-state index is 6.10. The third-order valence-corrected chi connectivity index (χ3v) is 4.43. The van der Waals surface area contributed by atoms with Crippen molar-refractivity contribution in [1.29, 1.82) is 0 Å². The van der Waals surface area contributed by atoms with Crippen molar-refractivity contribution < 1.29 is 4.74 Å². The first-order valence-corrected chi connectivity index (χ1v) is 7.83. The Morgan fingerprint density at radius 1 is 1.10 bits per heavy atom. The second-order valence-corrected chi connectivity index (χ2v) is 5.93. The number of rotatable bonds is 4. The number of thioether (sulfide) groups is 1. The minimum Gasteiger partial charge on any atom is -0.489 e. The van der Waals surface area contributed by atoms with Crippen LogP contribution in [0.5, 0.6) is 5.75 Å². The average Bonchev–Trinajstić information content (AvgIpc) is 3.01. The van der Waals surface area contributed by atoms with Gasteiger partial charge in [0, 0.05) is 28.4 Å². The van der Waals surface area contributed by atoms with Crippen molar-refractivity contribution in [2.45, 2.75) is 6.61 Å². The molecule has 1 aliphatic rings. The molecular weight excluding hydrogens is 290 g/mol. The molecule has 2 aromatic carbocycles. The molecule has 4 heteroatoms. The van der Waals surface area contributed by atoms with Crippen LogP contribution in [0.3, 0.4) is 0 Å². The quantitative estimate of drug-likeness (QED) is 0.834. The molecule has 20 heavy (non-hydrogen) atoms. The summed E-state index contributed by atoms with van der Waals surface area (Å²) >= 11 is 7.91.